The van der Waals surface area contributed by atoms with Crippen molar-refractivity contribution in [2.45, 2.75) is 95.2 Å². The summed E-state index contributed by atoms with van der Waals surface area (Å²) in [4.78, 5) is 18.8. The van der Waals surface area contributed by atoms with Crippen LogP contribution in [0.3, 0.4) is 0 Å². The molecule has 0 unspecified atom stereocenters. The number of rotatable bonds is 4. The van der Waals surface area contributed by atoms with E-state index in [4.69, 9.17) is 18.6 Å². The van der Waals surface area contributed by atoms with Crippen molar-refractivity contribution in [2.24, 2.45) is 0 Å². The van der Waals surface area contributed by atoms with E-state index >= 15 is 0 Å². The minimum atomic E-state index is -4.79. The van der Waals surface area contributed by atoms with E-state index in [-0.39, 0.29) is 5.04 Å². The van der Waals surface area contributed by atoms with Crippen molar-refractivity contribution in [1.29, 1.82) is 0 Å². The maximum atomic E-state index is 13.6. The normalized spacial score (nSPS) is 34.4. The Hall–Kier alpha value is -0.00312. The number of hydrogen-bond donors (Lipinski definition) is 2. The summed E-state index contributed by atoms with van der Waals surface area (Å²) in [6.45, 7) is 12.6. The monoisotopic (exact) mass is 450 g/mol. The van der Waals surface area contributed by atoms with Gasteiger partial charge in [-0.1, -0.05) is 20.8 Å². The highest BCUT2D eigenvalue weighted by Gasteiger charge is 2.64. The molecular formula is C16H30F3O7PSi. The first-order valence-electron chi connectivity index (χ1n) is 9.04. The van der Waals surface area contributed by atoms with Gasteiger partial charge in [0.05, 0.1) is 12.3 Å². The second kappa shape index (κ2) is 7.30. The second-order valence-corrected chi connectivity index (χ2v) is 15.8. The predicted octanol–water partition coefficient (Wildman–Crippen LogP) is 3.40. The van der Waals surface area contributed by atoms with Crippen molar-refractivity contribution in [3.63, 3.8) is 0 Å². The summed E-state index contributed by atoms with van der Waals surface area (Å²) in [6, 6.07) is 0. The van der Waals surface area contributed by atoms with Crippen LogP contribution in [-0.2, 0) is 23.2 Å². The third-order valence-corrected chi connectivity index (χ3v) is 10.8. The summed E-state index contributed by atoms with van der Waals surface area (Å²) < 4.78 is 75.1. The summed E-state index contributed by atoms with van der Waals surface area (Å²) in [5.74, 6) is -1.31. The molecule has 2 heterocycles. The van der Waals surface area contributed by atoms with Gasteiger partial charge in [0.2, 0.25) is 0 Å². The van der Waals surface area contributed by atoms with Crippen LogP contribution in [0.15, 0.2) is 0 Å². The second-order valence-electron chi connectivity index (χ2n) is 9.39. The highest BCUT2D eigenvalue weighted by atomic mass is 31.2. The molecule has 2 aliphatic rings. The van der Waals surface area contributed by atoms with Gasteiger partial charge in [-0.05, 0) is 32.0 Å². The SMILES string of the molecule is CC1(C)O[C@H]2[C@@H](O[Si](C)(C)C(C)(C)C)[C@H](CP(=O)(O)O)O[C@@H](C(F)(F)F)[C@H]2O1. The van der Waals surface area contributed by atoms with Crippen LogP contribution in [0, 0.1) is 0 Å². The lowest BCUT2D eigenvalue weighted by Gasteiger charge is -2.47. The molecule has 28 heavy (non-hydrogen) atoms. The van der Waals surface area contributed by atoms with Gasteiger partial charge < -0.3 is 28.4 Å². The molecule has 166 valence electrons. The maximum Gasteiger partial charge on any atom is 0.417 e. The van der Waals surface area contributed by atoms with E-state index in [0.717, 1.165) is 0 Å². The smallest absolute Gasteiger partial charge is 0.408 e. The van der Waals surface area contributed by atoms with E-state index in [9.17, 15) is 27.5 Å². The minimum Gasteiger partial charge on any atom is -0.408 e. The summed E-state index contributed by atoms with van der Waals surface area (Å²) in [6.07, 6.45) is -13.3. The average molecular weight is 450 g/mol. The van der Waals surface area contributed by atoms with Crippen LogP contribution >= 0.6 is 7.60 Å². The van der Waals surface area contributed by atoms with Crippen molar-refractivity contribution in [1.82, 2.24) is 0 Å². The summed E-state index contributed by atoms with van der Waals surface area (Å²) in [5.41, 5.74) is 0. The van der Waals surface area contributed by atoms with E-state index in [2.05, 4.69) is 0 Å². The molecule has 0 aromatic carbocycles. The number of ether oxygens (including phenoxy) is 3. The zero-order chi connectivity index (χ0) is 21.9. The lowest BCUT2D eigenvalue weighted by molar-refractivity contribution is -0.290. The third-order valence-electron chi connectivity index (χ3n) is 5.45. The zero-order valence-corrected chi connectivity index (χ0v) is 19.0. The fourth-order valence-corrected chi connectivity index (χ4v) is 5.25. The molecule has 0 amide bonds. The van der Waals surface area contributed by atoms with Crippen LogP contribution in [-0.4, -0.2) is 66.7 Å². The zero-order valence-electron chi connectivity index (χ0n) is 17.1. The Labute approximate surface area is 164 Å². The van der Waals surface area contributed by atoms with Gasteiger partial charge in [0.15, 0.2) is 20.2 Å². The highest BCUT2D eigenvalue weighted by Crippen LogP contribution is 2.48. The van der Waals surface area contributed by atoms with Crippen molar-refractivity contribution in [3.8, 4) is 0 Å². The Kier molecular flexibility index (Phi) is 6.33. The Balaban J connectivity index is 2.47. The molecule has 5 atom stereocenters. The third kappa shape index (κ3) is 5.37. The number of fused-ring (bicyclic) bond motifs is 1. The Morgan fingerprint density at radius 3 is 2.04 bits per heavy atom. The maximum absolute atomic E-state index is 13.6. The molecule has 2 fully saturated rings. The van der Waals surface area contributed by atoms with E-state index in [1.165, 1.54) is 13.8 Å². The summed E-state index contributed by atoms with van der Waals surface area (Å²) >= 11 is 0. The molecule has 2 N–H and O–H groups in total. The van der Waals surface area contributed by atoms with E-state index in [1.54, 1.807) is 0 Å². The fraction of sp³-hybridized carbons (Fsp3) is 1.00. The molecule has 0 spiro atoms. The molecule has 0 aliphatic carbocycles. The van der Waals surface area contributed by atoms with Crippen LogP contribution in [0.25, 0.3) is 0 Å². The summed E-state index contributed by atoms with van der Waals surface area (Å²) in [5, 5.41) is -0.287. The number of alkyl halides is 3. The minimum absolute atomic E-state index is 0.287. The van der Waals surface area contributed by atoms with Crippen molar-refractivity contribution in [2.75, 3.05) is 6.16 Å². The molecule has 0 bridgehead atoms. The molecule has 0 aromatic heterocycles. The molecule has 0 radical (unpaired) electrons. The molecule has 7 nitrogen and oxygen atoms in total. The van der Waals surface area contributed by atoms with Crippen LogP contribution < -0.4 is 0 Å². The van der Waals surface area contributed by atoms with Crippen molar-refractivity contribution < 1.29 is 46.2 Å². The Morgan fingerprint density at radius 1 is 1.11 bits per heavy atom. The van der Waals surface area contributed by atoms with Crippen molar-refractivity contribution >= 4 is 15.9 Å². The predicted molar refractivity (Wildman–Crippen MR) is 97.5 cm³/mol. The van der Waals surface area contributed by atoms with E-state index in [1.807, 2.05) is 33.9 Å². The van der Waals surface area contributed by atoms with Gasteiger partial charge in [-0.2, -0.15) is 13.2 Å². The molecule has 2 saturated heterocycles. The quantitative estimate of drug-likeness (QED) is 0.501. The number of halogens is 3. The van der Waals surface area contributed by atoms with E-state index < -0.39 is 64.6 Å². The molecular weight excluding hydrogens is 420 g/mol. The van der Waals surface area contributed by atoms with Crippen LogP contribution in [0.1, 0.15) is 34.6 Å². The van der Waals surface area contributed by atoms with Gasteiger partial charge in [0, 0.05) is 0 Å². The molecule has 12 heteroatoms. The van der Waals surface area contributed by atoms with Gasteiger partial charge in [0.1, 0.15) is 18.3 Å². The Morgan fingerprint density at radius 2 is 1.61 bits per heavy atom. The molecule has 0 saturated carbocycles. The van der Waals surface area contributed by atoms with Crippen LogP contribution in [0.4, 0.5) is 13.2 Å². The van der Waals surface area contributed by atoms with Crippen molar-refractivity contribution in [3.05, 3.63) is 0 Å². The van der Waals surface area contributed by atoms with Gasteiger partial charge in [-0.15, -0.1) is 0 Å². The Bertz CT molecular complexity index is 629. The van der Waals surface area contributed by atoms with Gasteiger partial charge in [-0.25, -0.2) is 0 Å². The van der Waals surface area contributed by atoms with Crippen LogP contribution in [0.5, 0.6) is 0 Å². The lowest BCUT2D eigenvalue weighted by atomic mass is 9.95. The first kappa shape index (κ1) is 24.3. The topological polar surface area (TPSA) is 94.5 Å². The first-order chi connectivity index (χ1) is 12.2. The van der Waals surface area contributed by atoms with Crippen LogP contribution in [0.2, 0.25) is 18.1 Å². The first-order valence-corrected chi connectivity index (χ1v) is 13.7. The number of hydrogen-bond acceptors (Lipinski definition) is 5. The van der Waals surface area contributed by atoms with Gasteiger partial charge >= 0.3 is 13.8 Å². The lowest BCUT2D eigenvalue weighted by Crippen LogP contribution is -2.64. The van der Waals surface area contributed by atoms with E-state index in [0.29, 0.717) is 0 Å². The van der Waals surface area contributed by atoms with Gasteiger partial charge in [0.25, 0.3) is 0 Å². The fourth-order valence-electron chi connectivity index (χ4n) is 3.16. The molecule has 2 rings (SSSR count). The standard InChI is InChI=1S/C16H30F3O7PSi/c1-14(2,3)28(6,7)26-10-9(8-27(20,21)22)23-13(16(17,18)19)12-11(10)24-15(4,5)25-12/h9-13H,8H2,1-7H3,(H2,20,21,22)/t9-,10-,11-,12-,13+/m0/s1. The average Bonchev–Trinajstić information content (AvgIpc) is 2.72. The molecule has 0 aromatic rings. The van der Waals surface area contributed by atoms with Gasteiger partial charge in [-0.3, -0.25) is 4.57 Å². The largest absolute Gasteiger partial charge is 0.417 e. The summed E-state index contributed by atoms with van der Waals surface area (Å²) in [7, 11) is -7.21. The molecule has 2 aliphatic heterocycles. The highest BCUT2D eigenvalue weighted by molar-refractivity contribution is 7.51.